The summed E-state index contributed by atoms with van der Waals surface area (Å²) in [6.07, 6.45) is 1.55. The van der Waals surface area contributed by atoms with Crippen LogP contribution in [-0.4, -0.2) is 56.0 Å². The number of piperidine rings is 1. The van der Waals surface area contributed by atoms with Gasteiger partial charge < -0.3 is 20.3 Å². The molecule has 2 N–H and O–H groups in total. The summed E-state index contributed by atoms with van der Waals surface area (Å²) >= 11 is 0. The van der Waals surface area contributed by atoms with Crippen molar-refractivity contribution in [2.75, 3.05) is 38.7 Å². The summed E-state index contributed by atoms with van der Waals surface area (Å²) < 4.78 is 4.95. The Morgan fingerprint density at radius 1 is 1.25 bits per heavy atom. The highest BCUT2D eigenvalue weighted by Crippen LogP contribution is 2.22. The number of amides is 3. The zero-order chi connectivity index (χ0) is 20.7. The smallest absolute Gasteiger partial charge is 0.253 e. The van der Waals surface area contributed by atoms with Crippen molar-refractivity contribution in [3.8, 4) is 0 Å². The third-order valence-corrected chi connectivity index (χ3v) is 4.73. The molecule has 0 aromatic heterocycles. The maximum Gasteiger partial charge on any atom is 0.253 e. The third-order valence-electron chi connectivity index (χ3n) is 4.73. The fourth-order valence-corrected chi connectivity index (χ4v) is 3.03. The van der Waals surface area contributed by atoms with Gasteiger partial charge in [-0.25, -0.2) is 0 Å². The predicted octanol–water partition coefficient (Wildman–Crippen LogP) is 2.29. The number of hydrogen-bond acceptors (Lipinski definition) is 4. The molecule has 1 atom stereocenters. The van der Waals surface area contributed by atoms with Gasteiger partial charge >= 0.3 is 0 Å². The average Bonchev–Trinajstić information content (AvgIpc) is 2.67. The molecule has 0 radical (unpaired) electrons. The molecule has 0 aliphatic carbocycles. The second-order valence-electron chi connectivity index (χ2n) is 8.16. The highest BCUT2D eigenvalue weighted by molar-refractivity contribution is 5.98. The quantitative estimate of drug-likeness (QED) is 0.731. The van der Waals surface area contributed by atoms with Crippen molar-refractivity contribution in [2.24, 2.45) is 11.3 Å². The number of carbonyl (C=O) groups is 3. The van der Waals surface area contributed by atoms with Gasteiger partial charge in [-0.3, -0.25) is 14.4 Å². The minimum Gasteiger partial charge on any atom is -0.383 e. The van der Waals surface area contributed by atoms with Gasteiger partial charge in [0.2, 0.25) is 11.8 Å². The summed E-state index contributed by atoms with van der Waals surface area (Å²) in [5.41, 5.74) is 0.583. The molecule has 0 spiro atoms. The largest absolute Gasteiger partial charge is 0.383 e. The van der Waals surface area contributed by atoms with Gasteiger partial charge in [0.25, 0.3) is 5.91 Å². The summed E-state index contributed by atoms with van der Waals surface area (Å²) in [7, 11) is 1.59. The molecule has 3 amide bonds. The maximum atomic E-state index is 12.9. The van der Waals surface area contributed by atoms with Crippen molar-refractivity contribution >= 4 is 23.4 Å². The first-order valence-electron chi connectivity index (χ1n) is 9.70. The first-order valence-corrected chi connectivity index (χ1v) is 9.70. The van der Waals surface area contributed by atoms with E-state index in [4.69, 9.17) is 4.74 Å². The molecule has 0 bridgehead atoms. The minimum absolute atomic E-state index is 0.0410. The van der Waals surface area contributed by atoms with E-state index in [1.807, 2.05) is 20.8 Å². The Morgan fingerprint density at radius 3 is 2.68 bits per heavy atom. The SMILES string of the molecule is COCCNC(=O)[C@H]1CCCN(C(=O)c2cccc(NC(=O)C(C)(C)C)c2)C1. The van der Waals surface area contributed by atoms with Crippen molar-refractivity contribution in [1.29, 1.82) is 0 Å². The predicted molar refractivity (Wildman–Crippen MR) is 108 cm³/mol. The number of rotatable bonds is 6. The topological polar surface area (TPSA) is 87.7 Å². The average molecular weight is 389 g/mol. The molecule has 7 nitrogen and oxygen atoms in total. The van der Waals surface area contributed by atoms with Gasteiger partial charge in [0.1, 0.15) is 0 Å². The molecule has 154 valence electrons. The van der Waals surface area contributed by atoms with Gasteiger partial charge in [-0.2, -0.15) is 0 Å². The van der Waals surface area contributed by atoms with E-state index < -0.39 is 5.41 Å². The molecular formula is C21H31N3O4. The molecule has 1 saturated heterocycles. The fraction of sp³-hybridized carbons (Fsp3) is 0.571. The summed E-state index contributed by atoms with van der Waals surface area (Å²) in [5.74, 6) is -0.483. The minimum atomic E-state index is -0.518. The van der Waals surface area contributed by atoms with Crippen LogP contribution in [0.1, 0.15) is 44.0 Å². The zero-order valence-corrected chi connectivity index (χ0v) is 17.2. The Hall–Kier alpha value is -2.41. The van der Waals surface area contributed by atoms with Gasteiger partial charge in [-0.05, 0) is 31.0 Å². The molecule has 1 heterocycles. The van der Waals surface area contributed by atoms with E-state index in [2.05, 4.69) is 10.6 Å². The van der Waals surface area contributed by atoms with Crippen molar-refractivity contribution in [3.05, 3.63) is 29.8 Å². The number of benzene rings is 1. The van der Waals surface area contributed by atoms with Crippen LogP contribution in [-0.2, 0) is 14.3 Å². The summed E-state index contributed by atoms with van der Waals surface area (Å²) in [4.78, 5) is 39.1. The van der Waals surface area contributed by atoms with Gasteiger partial charge in [0.05, 0.1) is 12.5 Å². The van der Waals surface area contributed by atoms with Crippen molar-refractivity contribution in [1.82, 2.24) is 10.2 Å². The Bertz CT molecular complexity index is 712. The summed E-state index contributed by atoms with van der Waals surface area (Å²) in [6, 6.07) is 6.94. The Kier molecular flexibility index (Phi) is 7.57. The molecule has 1 aliphatic heterocycles. The molecule has 7 heteroatoms. The van der Waals surface area contributed by atoms with Gasteiger partial charge in [0.15, 0.2) is 0 Å². The van der Waals surface area contributed by atoms with E-state index in [0.29, 0.717) is 37.5 Å². The van der Waals surface area contributed by atoms with E-state index in [-0.39, 0.29) is 23.6 Å². The number of likely N-dealkylation sites (tertiary alicyclic amines) is 1. The van der Waals surface area contributed by atoms with Crippen LogP contribution in [0, 0.1) is 11.3 Å². The van der Waals surface area contributed by atoms with Gasteiger partial charge in [0, 0.05) is 43.4 Å². The standard InChI is InChI=1S/C21H31N3O4/c1-21(2,3)20(27)23-17-9-5-7-15(13-17)19(26)24-11-6-8-16(14-24)18(25)22-10-12-28-4/h5,7,9,13,16H,6,8,10-12,14H2,1-4H3,(H,22,25)(H,23,27)/t16-/m0/s1. The number of anilines is 1. The molecule has 1 aliphatic rings. The number of nitrogens with one attached hydrogen (secondary N) is 2. The molecule has 2 rings (SSSR count). The van der Waals surface area contributed by atoms with Crippen LogP contribution in [0.15, 0.2) is 24.3 Å². The van der Waals surface area contributed by atoms with Crippen LogP contribution >= 0.6 is 0 Å². The maximum absolute atomic E-state index is 12.9. The van der Waals surface area contributed by atoms with Crippen LogP contribution in [0.5, 0.6) is 0 Å². The van der Waals surface area contributed by atoms with Crippen LogP contribution in [0.2, 0.25) is 0 Å². The van der Waals surface area contributed by atoms with E-state index in [0.717, 1.165) is 12.8 Å². The molecule has 1 fully saturated rings. The molecule has 0 saturated carbocycles. The summed E-state index contributed by atoms with van der Waals surface area (Å²) in [6.45, 7) is 7.47. The third kappa shape index (κ3) is 6.05. The Labute approximate surface area is 166 Å². The van der Waals surface area contributed by atoms with Crippen molar-refractivity contribution in [2.45, 2.75) is 33.6 Å². The lowest BCUT2D eigenvalue weighted by Gasteiger charge is -2.32. The molecule has 1 aromatic rings. The lowest BCUT2D eigenvalue weighted by atomic mass is 9.95. The number of carbonyl (C=O) groups excluding carboxylic acids is 3. The van der Waals surface area contributed by atoms with Gasteiger partial charge in [-0.15, -0.1) is 0 Å². The lowest BCUT2D eigenvalue weighted by Crippen LogP contribution is -2.46. The number of ether oxygens (including phenoxy) is 1. The Balaban J connectivity index is 2.02. The number of methoxy groups -OCH3 is 1. The molecule has 0 unspecified atom stereocenters. The second-order valence-corrected chi connectivity index (χ2v) is 8.16. The monoisotopic (exact) mass is 389 g/mol. The van der Waals surface area contributed by atoms with Crippen LogP contribution in [0.25, 0.3) is 0 Å². The van der Waals surface area contributed by atoms with Crippen LogP contribution in [0.3, 0.4) is 0 Å². The zero-order valence-electron chi connectivity index (χ0n) is 17.2. The van der Waals surface area contributed by atoms with Crippen molar-refractivity contribution < 1.29 is 19.1 Å². The van der Waals surface area contributed by atoms with E-state index in [1.54, 1.807) is 36.3 Å². The highest BCUT2D eigenvalue weighted by atomic mass is 16.5. The fourth-order valence-electron chi connectivity index (χ4n) is 3.03. The summed E-state index contributed by atoms with van der Waals surface area (Å²) in [5, 5.41) is 5.70. The molecule has 28 heavy (non-hydrogen) atoms. The molecule has 1 aromatic carbocycles. The van der Waals surface area contributed by atoms with Gasteiger partial charge in [-0.1, -0.05) is 26.8 Å². The second kappa shape index (κ2) is 9.68. The van der Waals surface area contributed by atoms with Crippen molar-refractivity contribution in [3.63, 3.8) is 0 Å². The van der Waals surface area contributed by atoms with Crippen LogP contribution < -0.4 is 10.6 Å². The molecular weight excluding hydrogens is 358 g/mol. The van der Waals surface area contributed by atoms with E-state index in [9.17, 15) is 14.4 Å². The number of hydrogen-bond donors (Lipinski definition) is 2. The lowest BCUT2D eigenvalue weighted by molar-refractivity contribution is -0.126. The highest BCUT2D eigenvalue weighted by Gasteiger charge is 2.29. The first-order chi connectivity index (χ1) is 13.2. The van der Waals surface area contributed by atoms with E-state index in [1.165, 1.54) is 0 Å². The van der Waals surface area contributed by atoms with Crippen LogP contribution in [0.4, 0.5) is 5.69 Å². The van der Waals surface area contributed by atoms with E-state index >= 15 is 0 Å². The number of nitrogens with zero attached hydrogens (tertiary/aromatic N) is 1. The Morgan fingerprint density at radius 2 is 2.00 bits per heavy atom. The first kappa shape index (κ1) is 21.9. The normalized spacial score (nSPS) is 17.1.